The van der Waals surface area contributed by atoms with E-state index in [1.165, 1.54) is 32.1 Å². The number of β-amino-alcohol motifs (C(OH)–C–C–N with tert-alkyl or cyclic N) is 1. The smallest absolute Gasteiger partial charge is 0.119 e. The number of benzene rings is 1. The number of aliphatic hydroxyl groups is 1. The first-order chi connectivity index (χ1) is 10.3. The molecule has 21 heavy (non-hydrogen) atoms. The van der Waals surface area contributed by atoms with Crippen molar-refractivity contribution >= 4 is 0 Å². The minimum Gasteiger partial charge on any atom is -0.497 e. The molecular weight excluding hydrogens is 266 g/mol. The highest BCUT2D eigenvalue weighted by Gasteiger charge is 2.13. The summed E-state index contributed by atoms with van der Waals surface area (Å²) in [6, 6.07) is 7.45. The number of rotatable bonds is 6. The number of ether oxygens (including phenoxy) is 2. The molecule has 0 aromatic heterocycles. The normalized spacial score (nSPS) is 18.6. The maximum atomic E-state index is 10.1. The van der Waals surface area contributed by atoms with Gasteiger partial charge in [0.05, 0.1) is 7.11 Å². The van der Waals surface area contributed by atoms with E-state index in [2.05, 4.69) is 4.90 Å². The number of nitrogens with zero attached hydrogens (tertiary/aromatic N) is 1. The zero-order valence-corrected chi connectivity index (χ0v) is 13.0. The maximum Gasteiger partial charge on any atom is 0.119 e. The van der Waals surface area contributed by atoms with E-state index in [-0.39, 0.29) is 0 Å². The van der Waals surface area contributed by atoms with Crippen molar-refractivity contribution in [3.05, 3.63) is 24.3 Å². The van der Waals surface area contributed by atoms with Crippen molar-refractivity contribution in [1.29, 1.82) is 0 Å². The van der Waals surface area contributed by atoms with Crippen molar-refractivity contribution in [1.82, 2.24) is 4.90 Å². The number of methoxy groups -OCH3 is 1. The van der Waals surface area contributed by atoms with Gasteiger partial charge in [-0.05, 0) is 50.2 Å². The molecule has 1 N–H and O–H groups in total. The molecule has 1 aromatic carbocycles. The fourth-order valence-corrected chi connectivity index (χ4v) is 2.71. The van der Waals surface area contributed by atoms with Crippen LogP contribution in [0.4, 0.5) is 0 Å². The summed E-state index contributed by atoms with van der Waals surface area (Å²) in [6.07, 6.45) is 6.03. The van der Waals surface area contributed by atoms with E-state index in [9.17, 15) is 5.11 Å². The maximum absolute atomic E-state index is 10.1. The second-order valence-corrected chi connectivity index (χ2v) is 5.71. The van der Waals surface area contributed by atoms with Crippen molar-refractivity contribution in [3.8, 4) is 11.5 Å². The molecule has 1 saturated heterocycles. The highest BCUT2D eigenvalue weighted by atomic mass is 16.5. The first-order valence-electron chi connectivity index (χ1n) is 7.95. The largest absolute Gasteiger partial charge is 0.497 e. The van der Waals surface area contributed by atoms with Crippen molar-refractivity contribution in [2.24, 2.45) is 0 Å². The molecule has 2 rings (SSSR count). The van der Waals surface area contributed by atoms with Gasteiger partial charge >= 0.3 is 0 Å². The van der Waals surface area contributed by atoms with Gasteiger partial charge in [0.15, 0.2) is 0 Å². The Labute approximate surface area is 127 Å². The third kappa shape index (κ3) is 5.94. The molecule has 0 saturated carbocycles. The third-order valence-electron chi connectivity index (χ3n) is 3.92. The number of aliphatic hydroxyl groups excluding tert-OH is 1. The van der Waals surface area contributed by atoms with Gasteiger partial charge < -0.3 is 19.5 Å². The summed E-state index contributed by atoms with van der Waals surface area (Å²) in [5.41, 5.74) is 0. The standard InChI is InChI=1S/C17H27NO3/c1-20-16-7-9-17(10-8-16)21-14-15(19)13-18-11-5-3-2-4-6-12-18/h7-10,15,19H,2-6,11-14H2,1H3/t15-/m0/s1. The van der Waals surface area contributed by atoms with E-state index in [0.717, 1.165) is 24.6 Å². The molecule has 0 aliphatic carbocycles. The van der Waals surface area contributed by atoms with Crippen LogP contribution in [0.1, 0.15) is 32.1 Å². The lowest BCUT2D eigenvalue weighted by Crippen LogP contribution is -2.37. The third-order valence-corrected chi connectivity index (χ3v) is 3.92. The number of likely N-dealkylation sites (tertiary alicyclic amines) is 1. The van der Waals surface area contributed by atoms with E-state index in [1.54, 1.807) is 7.11 Å². The molecule has 4 heteroatoms. The van der Waals surface area contributed by atoms with Gasteiger partial charge in [0.1, 0.15) is 24.2 Å². The van der Waals surface area contributed by atoms with Crippen LogP contribution in [-0.4, -0.2) is 49.5 Å². The minimum atomic E-state index is -0.438. The summed E-state index contributed by atoms with van der Waals surface area (Å²) in [5.74, 6) is 1.58. The fourth-order valence-electron chi connectivity index (χ4n) is 2.71. The van der Waals surface area contributed by atoms with Crippen LogP contribution in [-0.2, 0) is 0 Å². The predicted molar refractivity (Wildman–Crippen MR) is 84.0 cm³/mol. The van der Waals surface area contributed by atoms with Crippen molar-refractivity contribution in [3.63, 3.8) is 0 Å². The lowest BCUT2D eigenvalue weighted by atomic mass is 10.1. The minimum absolute atomic E-state index is 0.336. The molecular formula is C17H27NO3. The highest BCUT2D eigenvalue weighted by Crippen LogP contribution is 2.17. The highest BCUT2D eigenvalue weighted by molar-refractivity contribution is 5.31. The summed E-state index contributed by atoms with van der Waals surface area (Å²) in [6.45, 7) is 3.23. The fraction of sp³-hybridized carbons (Fsp3) is 0.647. The van der Waals surface area contributed by atoms with Crippen LogP contribution in [0.3, 0.4) is 0 Å². The summed E-state index contributed by atoms with van der Waals surface area (Å²) < 4.78 is 10.7. The average molecular weight is 293 g/mol. The molecule has 1 aliphatic rings. The van der Waals surface area contributed by atoms with Gasteiger partial charge in [-0.15, -0.1) is 0 Å². The zero-order valence-electron chi connectivity index (χ0n) is 13.0. The van der Waals surface area contributed by atoms with Crippen molar-refractivity contribution in [2.45, 2.75) is 38.2 Å². The van der Waals surface area contributed by atoms with Crippen LogP contribution in [0.15, 0.2) is 24.3 Å². The van der Waals surface area contributed by atoms with Gasteiger partial charge in [0.25, 0.3) is 0 Å². The van der Waals surface area contributed by atoms with Crippen molar-refractivity contribution < 1.29 is 14.6 Å². The molecule has 1 heterocycles. The Hall–Kier alpha value is -1.26. The van der Waals surface area contributed by atoms with Gasteiger partial charge in [0, 0.05) is 6.54 Å². The van der Waals surface area contributed by atoms with Gasteiger partial charge in [-0.25, -0.2) is 0 Å². The SMILES string of the molecule is COc1ccc(OC[C@@H](O)CN2CCCCCCC2)cc1. The Morgan fingerprint density at radius 2 is 1.57 bits per heavy atom. The van der Waals surface area contributed by atoms with Gasteiger partial charge in [0.2, 0.25) is 0 Å². The van der Waals surface area contributed by atoms with Gasteiger partial charge in [-0.1, -0.05) is 19.3 Å². The summed E-state index contributed by atoms with van der Waals surface area (Å²) in [5, 5.41) is 10.1. The topological polar surface area (TPSA) is 41.9 Å². The summed E-state index contributed by atoms with van der Waals surface area (Å²) in [4.78, 5) is 2.36. The monoisotopic (exact) mass is 293 g/mol. The van der Waals surface area contributed by atoms with Crippen molar-refractivity contribution in [2.75, 3.05) is 33.4 Å². The van der Waals surface area contributed by atoms with Crippen LogP contribution >= 0.6 is 0 Å². The van der Waals surface area contributed by atoms with Crippen LogP contribution in [0.25, 0.3) is 0 Å². The zero-order chi connectivity index (χ0) is 14.9. The molecule has 1 fully saturated rings. The lowest BCUT2D eigenvalue weighted by molar-refractivity contribution is 0.0654. The van der Waals surface area contributed by atoms with E-state index < -0.39 is 6.10 Å². The van der Waals surface area contributed by atoms with E-state index >= 15 is 0 Å². The molecule has 0 amide bonds. The van der Waals surface area contributed by atoms with Crippen LogP contribution < -0.4 is 9.47 Å². The quantitative estimate of drug-likeness (QED) is 0.875. The Kier molecular flexibility index (Phi) is 6.83. The molecule has 118 valence electrons. The number of hydrogen-bond donors (Lipinski definition) is 1. The first-order valence-corrected chi connectivity index (χ1v) is 7.95. The van der Waals surface area contributed by atoms with Gasteiger partial charge in [-0.3, -0.25) is 0 Å². The Bertz CT molecular complexity index is 386. The average Bonchev–Trinajstić information content (AvgIpc) is 2.48. The molecule has 0 spiro atoms. The first kappa shape index (κ1) is 16.1. The second-order valence-electron chi connectivity index (χ2n) is 5.71. The summed E-state index contributed by atoms with van der Waals surface area (Å²) in [7, 11) is 1.64. The summed E-state index contributed by atoms with van der Waals surface area (Å²) >= 11 is 0. The predicted octanol–water partition coefficient (Wildman–Crippen LogP) is 2.70. The molecule has 0 bridgehead atoms. The molecule has 0 radical (unpaired) electrons. The van der Waals surface area contributed by atoms with E-state index in [1.807, 2.05) is 24.3 Å². The number of hydrogen-bond acceptors (Lipinski definition) is 4. The molecule has 1 atom stereocenters. The molecule has 0 unspecified atom stereocenters. The Balaban J connectivity index is 1.71. The lowest BCUT2D eigenvalue weighted by Gasteiger charge is -2.26. The van der Waals surface area contributed by atoms with E-state index in [0.29, 0.717) is 13.2 Å². The Morgan fingerprint density at radius 1 is 1.00 bits per heavy atom. The second kappa shape index (κ2) is 8.90. The van der Waals surface area contributed by atoms with Crippen LogP contribution in [0.2, 0.25) is 0 Å². The Morgan fingerprint density at radius 3 is 2.19 bits per heavy atom. The molecule has 1 aromatic rings. The van der Waals surface area contributed by atoms with Gasteiger partial charge in [-0.2, -0.15) is 0 Å². The molecule has 4 nitrogen and oxygen atoms in total. The van der Waals surface area contributed by atoms with E-state index in [4.69, 9.17) is 9.47 Å². The van der Waals surface area contributed by atoms with Crippen LogP contribution in [0, 0.1) is 0 Å². The molecule has 1 aliphatic heterocycles. The van der Waals surface area contributed by atoms with Crippen LogP contribution in [0.5, 0.6) is 11.5 Å².